The van der Waals surface area contributed by atoms with E-state index in [4.69, 9.17) is 0 Å². The minimum absolute atomic E-state index is 0.0692. The zero-order chi connectivity index (χ0) is 17.4. The van der Waals surface area contributed by atoms with Gasteiger partial charge < -0.3 is 15.2 Å². The van der Waals surface area contributed by atoms with Crippen LogP contribution in [0.1, 0.15) is 29.3 Å². The molecule has 2 aromatic heterocycles. The second kappa shape index (κ2) is 5.84. The topological polar surface area (TPSA) is 86.8 Å². The first-order chi connectivity index (χ1) is 12.0. The number of anilines is 1. The number of carbonyl (C=O) groups is 1. The predicted octanol–water partition coefficient (Wildman–Crippen LogP) is 2.06. The van der Waals surface area contributed by atoms with E-state index in [0.717, 1.165) is 41.9 Å². The van der Waals surface area contributed by atoms with Crippen LogP contribution in [0.15, 0.2) is 37.1 Å². The van der Waals surface area contributed by atoms with Crippen LogP contribution in [0.3, 0.4) is 0 Å². The van der Waals surface area contributed by atoms with Crippen LogP contribution in [-0.2, 0) is 0 Å². The summed E-state index contributed by atoms with van der Waals surface area (Å²) in [5.74, 6) is 0.868. The van der Waals surface area contributed by atoms with E-state index in [1.807, 2.05) is 31.3 Å². The Balaban J connectivity index is 1.50. The summed E-state index contributed by atoms with van der Waals surface area (Å²) in [6.07, 6.45) is 5.88. The highest BCUT2D eigenvalue weighted by Crippen LogP contribution is 2.27. The van der Waals surface area contributed by atoms with Gasteiger partial charge in [-0.2, -0.15) is 0 Å². The molecule has 2 N–H and O–H groups in total. The Kier molecular flexibility index (Phi) is 3.63. The molecule has 1 atom stereocenters. The molecule has 3 aromatic rings. The number of nitrogens with zero attached hydrogens (tertiary/aromatic N) is 4. The van der Waals surface area contributed by atoms with Gasteiger partial charge in [0.15, 0.2) is 0 Å². The molecule has 0 bridgehead atoms. The number of aromatic amines is 1. The van der Waals surface area contributed by atoms with Gasteiger partial charge in [-0.25, -0.2) is 15.0 Å². The van der Waals surface area contributed by atoms with E-state index in [9.17, 15) is 4.79 Å². The van der Waals surface area contributed by atoms with Crippen molar-refractivity contribution in [2.24, 2.45) is 0 Å². The molecule has 1 amide bonds. The molecule has 1 aliphatic heterocycles. The minimum atomic E-state index is -0.294. The van der Waals surface area contributed by atoms with Gasteiger partial charge in [0.05, 0.1) is 22.9 Å². The highest BCUT2D eigenvalue weighted by Gasteiger charge is 2.36. The number of benzene rings is 1. The molecule has 1 fully saturated rings. The average molecular weight is 336 g/mol. The van der Waals surface area contributed by atoms with Crippen molar-refractivity contribution in [3.63, 3.8) is 0 Å². The van der Waals surface area contributed by atoms with Crippen LogP contribution in [0, 0.1) is 6.92 Å². The summed E-state index contributed by atoms with van der Waals surface area (Å²) >= 11 is 0. The molecule has 1 unspecified atom stereocenters. The van der Waals surface area contributed by atoms with E-state index in [1.54, 1.807) is 12.7 Å². The van der Waals surface area contributed by atoms with Crippen LogP contribution in [0.2, 0.25) is 0 Å². The van der Waals surface area contributed by atoms with Gasteiger partial charge in [0.2, 0.25) is 0 Å². The third-order valence-electron chi connectivity index (χ3n) is 4.74. The van der Waals surface area contributed by atoms with Crippen LogP contribution in [-0.4, -0.2) is 44.5 Å². The zero-order valence-corrected chi connectivity index (χ0v) is 14.3. The van der Waals surface area contributed by atoms with Crippen molar-refractivity contribution in [2.75, 3.05) is 18.0 Å². The largest absolute Gasteiger partial charge is 0.354 e. The highest BCUT2D eigenvalue weighted by atomic mass is 16.1. The lowest BCUT2D eigenvalue weighted by Crippen LogP contribution is -2.48. The van der Waals surface area contributed by atoms with Gasteiger partial charge in [0, 0.05) is 30.4 Å². The monoisotopic (exact) mass is 336 g/mol. The molecule has 1 aliphatic rings. The van der Waals surface area contributed by atoms with E-state index in [1.165, 1.54) is 0 Å². The Hall–Kier alpha value is -2.96. The Bertz CT molecular complexity index is 936. The van der Waals surface area contributed by atoms with Gasteiger partial charge in [-0.15, -0.1) is 0 Å². The number of carbonyl (C=O) groups excluding carboxylic acids is 1. The standard InChI is InChI=1S/C18H20N6O/c1-12-8-19-10-22-16(12)24-6-5-18(2,9-24)23-17(25)13-3-4-14-15(7-13)21-11-20-14/h3-4,7-8,10-11H,5-6,9H2,1-2H3,(H,20,21)(H,23,25). The molecule has 0 aliphatic carbocycles. The SMILES string of the molecule is Cc1cncnc1N1CCC(C)(NC(=O)c2ccc3nc[nH]c3c2)C1. The van der Waals surface area contributed by atoms with Gasteiger partial charge in [0.1, 0.15) is 12.1 Å². The third kappa shape index (κ3) is 2.93. The number of H-pyrrole nitrogens is 1. The third-order valence-corrected chi connectivity index (χ3v) is 4.74. The molecule has 4 rings (SSSR count). The zero-order valence-electron chi connectivity index (χ0n) is 14.3. The molecule has 0 spiro atoms. The van der Waals surface area contributed by atoms with Crippen LogP contribution in [0.4, 0.5) is 5.82 Å². The summed E-state index contributed by atoms with van der Waals surface area (Å²) in [6.45, 7) is 5.66. The molecule has 128 valence electrons. The average Bonchev–Trinajstić information content (AvgIpc) is 3.21. The highest BCUT2D eigenvalue weighted by molar-refractivity contribution is 5.97. The summed E-state index contributed by atoms with van der Waals surface area (Å²) in [4.78, 5) is 30.5. The minimum Gasteiger partial charge on any atom is -0.354 e. The van der Waals surface area contributed by atoms with Crippen molar-refractivity contribution >= 4 is 22.8 Å². The Labute approximate surface area is 145 Å². The van der Waals surface area contributed by atoms with Crippen molar-refractivity contribution in [3.8, 4) is 0 Å². The van der Waals surface area contributed by atoms with Crippen molar-refractivity contribution in [1.29, 1.82) is 0 Å². The van der Waals surface area contributed by atoms with Crippen molar-refractivity contribution in [1.82, 2.24) is 25.3 Å². The summed E-state index contributed by atoms with van der Waals surface area (Å²) in [5, 5.41) is 3.19. The number of hydrogen-bond acceptors (Lipinski definition) is 5. The van der Waals surface area contributed by atoms with E-state index in [-0.39, 0.29) is 11.4 Å². The van der Waals surface area contributed by atoms with Crippen molar-refractivity contribution < 1.29 is 4.79 Å². The number of rotatable bonds is 3. The molecular formula is C18H20N6O. The van der Waals surface area contributed by atoms with Crippen molar-refractivity contribution in [3.05, 3.63) is 48.2 Å². The number of aryl methyl sites for hydroxylation is 1. The fraction of sp³-hybridized carbons (Fsp3) is 0.333. The predicted molar refractivity (Wildman–Crippen MR) is 95.6 cm³/mol. The molecule has 3 heterocycles. The summed E-state index contributed by atoms with van der Waals surface area (Å²) in [6, 6.07) is 5.50. The maximum atomic E-state index is 12.7. The first kappa shape index (κ1) is 15.6. The quantitative estimate of drug-likeness (QED) is 0.764. The fourth-order valence-electron chi connectivity index (χ4n) is 3.39. The second-order valence-corrected chi connectivity index (χ2v) is 6.85. The second-order valence-electron chi connectivity index (χ2n) is 6.85. The van der Waals surface area contributed by atoms with Crippen LogP contribution >= 0.6 is 0 Å². The number of hydrogen-bond donors (Lipinski definition) is 2. The van der Waals surface area contributed by atoms with Crippen molar-refractivity contribution in [2.45, 2.75) is 25.8 Å². The Morgan fingerprint density at radius 1 is 1.36 bits per heavy atom. The number of amides is 1. The normalized spacial score (nSPS) is 20.2. The number of aromatic nitrogens is 4. The Morgan fingerprint density at radius 3 is 3.08 bits per heavy atom. The maximum absolute atomic E-state index is 12.7. The summed E-state index contributed by atoms with van der Waals surface area (Å²) in [7, 11) is 0. The number of nitrogens with one attached hydrogen (secondary N) is 2. The van der Waals surface area contributed by atoms with Gasteiger partial charge in [0.25, 0.3) is 5.91 Å². The van der Waals surface area contributed by atoms with Gasteiger partial charge in [-0.05, 0) is 38.5 Å². The number of imidazole rings is 1. The van der Waals surface area contributed by atoms with Crippen LogP contribution in [0.25, 0.3) is 11.0 Å². The smallest absolute Gasteiger partial charge is 0.251 e. The molecule has 25 heavy (non-hydrogen) atoms. The maximum Gasteiger partial charge on any atom is 0.251 e. The summed E-state index contributed by atoms with van der Waals surface area (Å²) in [5.41, 5.74) is 3.10. The van der Waals surface area contributed by atoms with Crippen LogP contribution < -0.4 is 10.2 Å². The van der Waals surface area contributed by atoms with Crippen LogP contribution in [0.5, 0.6) is 0 Å². The first-order valence-corrected chi connectivity index (χ1v) is 8.31. The van der Waals surface area contributed by atoms with Gasteiger partial charge in [-0.3, -0.25) is 4.79 Å². The lowest BCUT2D eigenvalue weighted by Gasteiger charge is -2.27. The lowest BCUT2D eigenvalue weighted by atomic mass is 10.0. The molecule has 7 nitrogen and oxygen atoms in total. The van der Waals surface area contributed by atoms with E-state index in [0.29, 0.717) is 5.56 Å². The van der Waals surface area contributed by atoms with E-state index in [2.05, 4.69) is 37.1 Å². The summed E-state index contributed by atoms with van der Waals surface area (Å²) < 4.78 is 0. The molecular weight excluding hydrogens is 316 g/mol. The Morgan fingerprint density at radius 2 is 2.24 bits per heavy atom. The molecule has 7 heteroatoms. The van der Waals surface area contributed by atoms with Gasteiger partial charge in [-0.1, -0.05) is 0 Å². The first-order valence-electron chi connectivity index (χ1n) is 8.31. The van der Waals surface area contributed by atoms with E-state index >= 15 is 0 Å². The van der Waals surface area contributed by atoms with E-state index < -0.39 is 0 Å². The molecule has 1 saturated heterocycles. The molecule has 1 aromatic carbocycles. The number of fused-ring (bicyclic) bond motifs is 1. The molecule has 0 saturated carbocycles. The van der Waals surface area contributed by atoms with Gasteiger partial charge >= 0.3 is 0 Å². The molecule has 0 radical (unpaired) electrons. The fourth-order valence-corrected chi connectivity index (χ4v) is 3.39. The lowest BCUT2D eigenvalue weighted by molar-refractivity contribution is 0.0914.